The topological polar surface area (TPSA) is 74.2 Å². The normalized spacial score (nSPS) is 17.8. The van der Waals surface area contributed by atoms with Crippen LogP contribution in [0.15, 0.2) is 4.52 Å². The highest BCUT2D eigenvalue weighted by atomic mass is 16.5. The predicted octanol–water partition coefficient (Wildman–Crippen LogP) is 2.39. The average molecular weight is 241 g/mol. The highest BCUT2D eigenvalue weighted by Crippen LogP contribution is 2.31. The molecular formula is C12H23N3O2. The molecule has 17 heavy (non-hydrogen) atoms. The fraction of sp³-hybridized carbons (Fsp3) is 0.833. The third kappa shape index (κ3) is 2.84. The maximum atomic E-state index is 6.09. The number of nitrogens with zero attached hydrogens (tertiary/aromatic N) is 2. The van der Waals surface area contributed by atoms with Gasteiger partial charge in [-0.1, -0.05) is 32.9 Å². The molecule has 0 amide bonds. The second-order valence-electron chi connectivity index (χ2n) is 5.59. The summed E-state index contributed by atoms with van der Waals surface area (Å²) in [4.78, 5) is 4.36. The molecule has 1 rings (SSSR count). The molecule has 0 aliphatic carbocycles. The van der Waals surface area contributed by atoms with Gasteiger partial charge in [-0.2, -0.15) is 4.98 Å². The summed E-state index contributed by atoms with van der Waals surface area (Å²) < 4.78 is 10.7. The molecule has 0 saturated carbocycles. The Balaban J connectivity index is 3.00. The van der Waals surface area contributed by atoms with Crippen LogP contribution in [0.1, 0.15) is 58.8 Å². The molecule has 0 aliphatic rings. The lowest BCUT2D eigenvalue weighted by Gasteiger charge is -2.24. The predicted molar refractivity (Wildman–Crippen MR) is 65.3 cm³/mol. The van der Waals surface area contributed by atoms with E-state index in [9.17, 15) is 0 Å². The van der Waals surface area contributed by atoms with E-state index in [0.29, 0.717) is 11.7 Å². The fourth-order valence-electron chi connectivity index (χ4n) is 1.35. The molecule has 5 heteroatoms. The summed E-state index contributed by atoms with van der Waals surface area (Å²) >= 11 is 0. The largest absolute Gasteiger partial charge is 0.369 e. The van der Waals surface area contributed by atoms with Gasteiger partial charge in [-0.25, -0.2) is 0 Å². The Labute approximate surface area is 103 Å². The Morgan fingerprint density at radius 2 is 1.94 bits per heavy atom. The van der Waals surface area contributed by atoms with Gasteiger partial charge in [0.15, 0.2) is 5.82 Å². The summed E-state index contributed by atoms with van der Waals surface area (Å²) in [5, 5.41) is 3.95. The maximum Gasteiger partial charge on any atom is 0.258 e. The summed E-state index contributed by atoms with van der Waals surface area (Å²) in [6.07, 6.45) is 0.760. The molecule has 1 heterocycles. The molecule has 1 aromatic heterocycles. The molecule has 0 radical (unpaired) electrons. The van der Waals surface area contributed by atoms with Crippen LogP contribution in [-0.2, 0) is 10.3 Å². The van der Waals surface area contributed by atoms with E-state index in [2.05, 4.69) is 10.1 Å². The van der Waals surface area contributed by atoms with E-state index < -0.39 is 5.60 Å². The van der Waals surface area contributed by atoms with Gasteiger partial charge in [-0.05, 0) is 18.8 Å². The Hall–Kier alpha value is -0.940. The second-order valence-corrected chi connectivity index (χ2v) is 5.59. The quantitative estimate of drug-likeness (QED) is 0.876. The SMILES string of the molecule is CCC(C)(OC)c1nc(C(N)C(C)(C)C)no1. The van der Waals surface area contributed by atoms with Crippen molar-refractivity contribution >= 4 is 0 Å². The van der Waals surface area contributed by atoms with Crippen molar-refractivity contribution in [3.8, 4) is 0 Å². The first-order valence-electron chi connectivity index (χ1n) is 5.89. The number of aromatic nitrogens is 2. The lowest BCUT2D eigenvalue weighted by Crippen LogP contribution is -2.28. The monoisotopic (exact) mass is 241 g/mol. The van der Waals surface area contributed by atoms with Gasteiger partial charge >= 0.3 is 0 Å². The van der Waals surface area contributed by atoms with Crippen LogP contribution < -0.4 is 5.73 Å². The number of nitrogens with two attached hydrogens (primary N) is 1. The van der Waals surface area contributed by atoms with E-state index in [-0.39, 0.29) is 11.5 Å². The minimum Gasteiger partial charge on any atom is -0.369 e. The van der Waals surface area contributed by atoms with Crippen molar-refractivity contribution in [2.75, 3.05) is 7.11 Å². The molecule has 0 bridgehead atoms. The fourth-order valence-corrected chi connectivity index (χ4v) is 1.35. The Kier molecular flexibility index (Phi) is 3.94. The smallest absolute Gasteiger partial charge is 0.258 e. The van der Waals surface area contributed by atoms with Crippen LogP contribution in [0.5, 0.6) is 0 Å². The van der Waals surface area contributed by atoms with Crippen LogP contribution in [0, 0.1) is 5.41 Å². The summed E-state index contributed by atoms with van der Waals surface area (Å²) in [6.45, 7) is 10.1. The molecule has 2 atom stereocenters. The van der Waals surface area contributed by atoms with Gasteiger partial charge < -0.3 is 15.0 Å². The molecule has 0 fully saturated rings. The van der Waals surface area contributed by atoms with Gasteiger partial charge in [0, 0.05) is 7.11 Å². The molecule has 0 saturated heterocycles. The number of hydrogen-bond acceptors (Lipinski definition) is 5. The van der Waals surface area contributed by atoms with E-state index in [0.717, 1.165) is 6.42 Å². The van der Waals surface area contributed by atoms with Crippen molar-refractivity contribution in [3.63, 3.8) is 0 Å². The summed E-state index contributed by atoms with van der Waals surface area (Å²) in [7, 11) is 1.64. The standard InChI is InChI=1S/C12H23N3O2/c1-7-12(5,16-6)10-14-9(15-17-10)8(13)11(2,3)4/h8H,7,13H2,1-6H3. The van der Waals surface area contributed by atoms with Crippen molar-refractivity contribution in [2.45, 2.75) is 52.7 Å². The molecule has 2 unspecified atom stereocenters. The first kappa shape index (κ1) is 14.1. The lowest BCUT2D eigenvalue weighted by atomic mass is 9.87. The zero-order valence-electron chi connectivity index (χ0n) is 11.6. The lowest BCUT2D eigenvalue weighted by molar-refractivity contribution is -0.0272. The third-order valence-electron chi connectivity index (χ3n) is 3.23. The van der Waals surface area contributed by atoms with E-state index in [1.165, 1.54) is 0 Å². The van der Waals surface area contributed by atoms with E-state index in [1.807, 2.05) is 34.6 Å². The van der Waals surface area contributed by atoms with Gasteiger partial charge in [0.25, 0.3) is 5.89 Å². The second kappa shape index (κ2) is 4.74. The van der Waals surface area contributed by atoms with Crippen LogP contribution in [0.4, 0.5) is 0 Å². The minimum atomic E-state index is -0.539. The van der Waals surface area contributed by atoms with Gasteiger partial charge in [-0.3, -0.25) is 0 Å². The molecule has 1 aromatic rings. The molecule has 0 aromatic carbocycles. The summed E-state index contributed by atoms with van der Waals surface area (Å²) in [6, 6.07) is -0.252. The van der Waals surface area contributed by atoms with Gasteiger partial charge in [-0.15, -0.1) is 0 Å². The van der Waals surface area contributed by atoms with Crippen molar-refractivity contribution in [1.29, 1.82) is 0 Å². The Morgan fingerprint density at radius 1 is 1.35 bits per heavy atom. The van der Waals surface area contributed by atoms with E-state index in [4.69, 9.17) is 15.0 Å². The van der Waals surface area contributed by atoms with Crippen molar-refractivity contribution in [1.82, 2.24) is 10.1 Å². The van der Waals surface area contributed by atoms with Gasteiger partial charge in [0.1, 0.15) is 5.60 Å². The Morgan fingerprint density at radius 3 is 2.35 bits per heavy atom. The van der Waals surface area contributed by atoms with Crippen molar-refractivity contribution in [2.24, 2.45) is 11.1 Å². The van der Waals surface area contributed by atoms with Crippen molar-refractivity contribution in [3.05, 3.63) is 11.7 Å². The zero-order valence-corrected chi connectivity index (χ0v) is 11.6. The van der Waals surface area contributed by atoms with E-state index >= 15 is 0 Å². The van der Waals surface area contributed by atoms with Crippen LogP contribution in [0.3, 0.4) is 0 Å². The zero-order chi connectivity index (χ0) is 13.3. The maximum absolute atomic E-state index is 6.09. The number of methoxy groups -OCH3 is 1. The molecule has 98 valence electrons. The molecule has 2 N–H and O–H groups in total. The first-order valence-corrected chi connectivity index (χ1v) is 5.89. The minimum absolute atomic E-state index is 0.100. The van der Waals surface area contributed by atoms with Crippen LogP contribution in [0.2, 0.25) is 0 Å². The van der Waals surface area contributed by atoms with Crippen molar-refractivity contribution < 1.29 is 9.26 Å². The van der Waals surface area contributed by atoms with Crippen LogP contribution in [-0.4, -0.2) is 17.3 Å². The molecule has 5 nitrogen and oxygen atoms in total. The van der Waals surface area contributed by atoms with E-state index in [1.54, 1.807) is 7.11 Å². The average Bonchev–Trinajstić information content (AvgIpc) is 2.75. The number of ether oxygens (including phenoxy) is 1. The highest BCUT2D eigenvalue weighted by molar-refractivity contribution is 5.02. The Bertz CT molecular complexity index is 364. The molecular weight excluding hydrogens is 218 g/mol. The van der Waals surface area contributed by atoms with Gasteiger partial charge in [0.2, 0.25) is 0 Å². The van der Waals surface area contributed by atoms with Crippen LogP contribution in [0.25, 0.3) is 0 Å². The summed E-state index contributed by atoms with van der Waals surface area (Å²) in [5.74, 6) is 1.02. The summed E-state index contributed by atoms with van der Waals surface area (Å²) in [5.41, 5.74) is 5.45. The first-order chi connectivity index (χ1) is 7.74. The molecule has 0 spiro atoms. The molecule has 0 aliphatic heterocycles. The third-order valence-corrected chi connectivity index (χ3v) is 3.23. The number of rotatable bonds is 4. The van der Waals surface area contributed by atoms with Crippen LogP contribution >= 0.6 is 0 Å². The highest BCUT2D eigenvalue weighted by Gasteiger charge is 2.33. The van der Waals surface area contributed by atoms with Gasteiger partial charge in [0.05, 0.1) is 6.04 Å². The number of hydrogen-bond donors (Lipinski definition) is 1.